The highest BCUT2D eigenvalue weighted by Crippen LogP contribution is 2.35. The zero-order valence-corrected chi connectivity index (χ0v) is 11.8. The highest BCUT2D eigenvalue weighted by Gasteiger charge is 2.31. The largest absolute Gasteiger partial charge is 0.478 e. The van der Waals surface area contributed by atoms with Crippen molar-refractivity contribution in [3.8, 4) is 0 Å². The fourth-order valence-corrected chi connectivity index (χ4v) is 3.21. The van der Waals surface area contributed by atoms with Crippen molar-refractivity contribution < 1.29 is 19.1 Å². The van der Waals surface area contributed by atoms with Gasteiger partial charge in [0.15, 0.2) is 5.78 Å². The number of aromatic carboxylic acids is 1. The van der Waals surface area contributed by atoms with Crippen LogP contribution in [-0.2, 0) is 6.42 Å². The summed E-state index contributed by atoms with van der Waals surface area (Å²) in [6.07, 6.45) is 0.553. The molecular weight excluding hydrogens is 280 g/mol. The molecule has 0 atom stereocenters. The second-order valence-corrected chi connectivity index (χ2v) is 5.53. The van der Waals surface area contributed by atoms with Crippen LogP contribution in [0.4, 0.5) is 0 Å². The van der Waals surface area contributed by atoms with Crippen LogP contribution in [0.2, 0.25) is 0 Å². The summed E-state index contributed by atoms with van der Waals surface area (Å²) >= 11 is 0. The Bertz CT molecular complexity index is 963. The van der Waals surface area contributed by atoms with E-state index in [4.69, 9.17) is 4.42 Å². The molecule has 1 heterocycles. The van der Waals surface area contributed by atoms with Gasteiger partial charge in [0.25, 0.3) is 0 Å². The van der Waals surface area contributed by atoms with Crippen LogP contribution in [0.25, 0.3) is 11.0 Å². The van der Waals surface area contributed by atoms with Gasteiger partial charge in [-0.15, -0.1) is 0 Å². The average Bonchev–Trinajstić information content (AvgIpc) is 2.84. The summed E-state index contributed by atoms with van der Waals surface area (Å²) < 4.78 is 5.53. The molecule has 1 aliphatic carbocycles. The maximum atomic E-state index is 12.8. The van der Waals surface area contributed by atoms with Gasteiger partial charge in [0, 0.05) is 16.5 Å². The fourth-order valence-electron chi connectivity index (χ4n) is 3.21. The van der Waals surface area contributed by atoms with Crippen LogP contribution in [0.5, 0.6) is 0 Å². The van der Waals surface area contributed by atoms with Crippen molar-refractivity contribution in [2.45, 2.75) is 13.3 Å². The van der Waals surface area contributed by atoms with Gasteiger partial charge in [-0.25, -0.2) is 4.79 Å². The van der Waals surface area contributed by atoms with Crippen molar-refractivity contribution in [2.24, 2.45) is 0 Å². The lowest BCUT2D eigenvalue weighted by Gasteiger charge is -2.20. The Labute approximate surface area is 126 Å². The summed E-state index contributed by atoms with van der Waals surface area (Å²) in [4.78, 5) is 24.5. The molecule has 0 saturated heterocycles. The number of fused-ring (bicyclic) bond motifs is 3. The number of hydrogen-bond donors (Lipinski definition) is 1. The van der Waals surface area contributed by atoms with Gasteiger partial charge in [0.2, 0.25) is 0 Å². The number of carboxylic acids is 1. The Morgan fingerprint density at radius 3 is 2.73 bits per heavy atom. The fraction of sp³-hybridized carbons (Fsp3) is 0.111. The Morgan fingerprint density at radius 2 is 1.95 bits per heavy atom. The van der Waals surface area contributed by atoms with Crippen molar-refractivity contribution >= 4 is 22.7 Å². The molecule has 2 aromatic carbocycles. The predicted octanol–water partition coefficient (Wildman–Crippen LogP) is 3.57. The lowest BCUT2D eigenvalue weighted by molar-refractivity contribution is 0.0693. The second kappa shape index (κ2) is 4.31. The Morgan fingerprint density at radius 1 is 1.18 bits per heavy atom. The molecule has 1 aromatic heterocycles. The van der Waals surface area contributed by atoms with E-state index in [9.17, 15) is 14.7 Å². The first-order chi connectivity index (χ1) is 10.6. The van der Waals surface area contributed by atoms with Crippen LogP contribution in [0, 0.1) is 6.92 Å². The maximum Gasteiger partial charge on any atom is 0.340 e. The molecule has 108 valence electrons. The third-order valence-corrected chi connectivity index (χ3v) is 4.10. The second-order valence-electron chi connectivity index (χ2n) is 5.53. The van der Waals surface area contributed by atoms with Gasteiger partial charge in [-0.05, 0) is 36.6 Å². The number of benzene rings is 2. The Kier molecular flexibility index (Phi) is 2.51. The van der Waals surface area contributed by atoms with E-state index in [-0.39, 0.29) is 22.5 Å². The molecule has 3 aromatic rings. The van der Waals surface area contributed by atoms with Gasteiger partial charge < -0.3 is 9.52 Å². The topological polar surface area (TPSA) is 67.5 Å². The summed E-state index contributed by atoms with van der Waals surface area (Å²) in [6.45, 7) is 1.77. The quantitative estimate of drug-likeness (QED) is 0.582. The van der Waals surface area contributed by atoms with Crippen molar-refractivity contribution in [1.29, 1.82) is 0 Å². The molecule has 4 heteroatoms. The lowest BCUT2D eigenvalue weighted by atomic mass is 9.82. The summed E-state index contributed by atoms with van der Waals surface area (Å²) in [5, 5.41) is 10.3. The molecule has 22 heavy (non-hydrogen) atoms. The van der Waals surface area contributed by atoms with E-state index in [1.165, 1.54) is 0 Å². The molecule has 0 unspecified atom stereocenters. The van der Waals surface area contributed by atoms with Gasteiger partial charge in [0.1, 0.15) is 16.9 Å². The number of aryl methyl sites for hydroxylation is 1. The van der Waals surface area contributed by atoms with E-state index in [0.29, 0.717) is 17.7 Å². The van der Waals surface area contributed by atoms with E-state index in [1.54, 1.807) is 25.1 Å². The van der Waals surface area contributed by atoms with Crippen LogP contribution in [0.15, 0.2) is 40.8 Å². The number of furan rings is 1. The zero-order valence-electron chi connectivity index (χ0n) is 11.8. The van der Waals surface area contributed by atoms with Crippen LogP contribution in [0.3, 0.4) is 0 Å². The number of hydrogen-bond acceptors (Lipinski definition) is 3. The molecule has 1 aliphatic rings. The summed E-state index contributed by atoms with van der Waals surface area (Å²) in [5.41, 5.74) is 2.75. The monoisotopic (exact) mass is 292 g/mol. The average molecular weight is 292 g/mol. The van der Waals surface area contributed by atoms with Crippen LogP contribution in [0.1, 0.15) is 43.2 Å². The van der Waals surface area contributed by atoms with Crippen LogP contribution in [-0.4, -0.2) is 16.9 Å². The highest BCUT2D eigenvalue weighted by molar-refractivity contribution is 6.20. The van der Waals surface area contributed by atoms with Gasteiger partial charge in [-0.3, -0.25) is 4.79 Å². The Balaban J connectivity index is 2.11. The number of carbonyl (C=O) groups excluding carboxylic acids is 1. The van der Waals surface area contributed by atoms with Crippen molar-refractivity contribution in [1.82, 2.24) is 0 Å². The smallest absolute Gasteiger partial charge is 0.340 e. The molecule has 0 radical (unpaired) electrons. The number of ketones is 1. The van der Waals surface area contributed by atoms with E-state index in [1.807, 2.05) is 18.2 Å². The molecule has 0 bridgehead atoms. The zero-order chi connectivity index (χ0) is 15.4. The minimum Gasteiger partial charge on any atom is -0.478 e. The molecule has 1 N–H and O–H groups in total. The first-order valence-electron chi connectivity index (χ1n) is 6.98. The van der Waals surface area contributed by atoms with Crippen molar-refractivity contribution in [3.63, 3.8) is 0 Å². The van der Waals surface area contributed by atoms with E-state index < -0.39 is 5.97 Å². The molecule has 0 aliphatic heterocycles. The normalized spacial score (nSPS) is 13.0. The van der Waals surface area contributed by atoms with Crippen LogP contribution < -0.4 is 0 Å². The molecule has 0 fully saturated rings. The molecule has 0 amide bonds. The molecule has 4 rings (SSSR count). The summed E-state index contributed by atoms with van der Waals surface area (Å²) in [5.74, 6) is -0.751. The third-order valence-electron chi connectivity index (χ3n) is 4.10. The Hall–Kier alpha value is -2.88. The summed E-state index contributed by atoms with van der Waals surface area (Å²) in [6, 6.07) is 11.0. The van der Waals surface area contributed by atoms with E-state index in [2.05, 4.69) is 0 Å². The lowest BCUT2D eigenvalue weighted by Crippen LogP contribution is -2.19. The molecule has 4 nitrogen and oxygen atoms in total. The van der Waals surface area contributed by atoms with Crippen LogP contribution >= 0.6 is 0 Å². The highest BCUT2D eigenvalue weighted by atomic mass is 16.4. The van der Waals surface area contributed by atoms with Crippen molar-refractivity contribution in [3.05, 3.63) is 70.0 Å². The predicted molar refractivity (Wildman–Crippen MR) is 80.6 cm³/mol. The number of carbonyl (C=O) groups is 2. The number of rotatable bonds is 1. The molecule has 0 saturated carbocycles. The SMILES string of the molecule is Cc1cc2cc3c(c(C(=O)O)c2o1)C(=O)c1ccccc1C3. The standard InChI is InChI=1S/C18H12O4/c1-9-6-12-8-11-7-10-4-2-3-5-13(10)16(19)14(11)15(18(20)21)17(12)22-9/h2-6,8H,7H2,1H3,(H,20,21). The maximum absolute atomic E-state index is 12.8. The van der Waals surface area contributed by atoms with E-state index in [0.717, 1.165) is 16.5 Å². The third kappa shape index (κ3) is 1.64. The van der Waals surface area contributed by atoms with Gasteiger partial charge in [-0.1, -0.05) is 24.3 Å². The summed E-state index contributed by atoms with van der Waals surface area (Å²) in [7, 11) is 0. The minimum atomic E-state index is -1.14. The van der Waals surface area contributed by atoms with E-state index >= 15 is 0 Å². The van der Waals surface area contributed by atoms with Gasteiger partial charge in [-0.2, -0.15) is 0 Å². The molecular formula is C18H12O4. The minimum absolute atomic E-state index is 0.0277. The van der Waals surface area contributed by atoms with Crippen molar-refractivity contribution in [2.75, 3.05) is 0 Å². The molecule has 0 spiro atoms. The van der Waals surface area contributed by atoms with Gasteiger partial charge in [0.05, 0.1) is 0 Å². The first-order valence-corrected chi connectivity index (χ1v) is 6.98. The number of carboxylic acid groups (broad SMARTS) is 1. The van der Waals surface area contributed by atoms with Gasteiger partial charge >= 0.3 is 5.97 Å². The first kappa shape index (κ1) is 12.8.